The molecule has 0 spiro atoms. The van der Waals surface area contributed by atoms with Crippen LogP contribution < -0.4 is 5.32 Å². The average Bonchev–Trinajstić information content (AvgIpc) is 2.73. The van der Waals surface area contributed by atoms with Crippen molar-refractivity contribution in [1.82, 2.24) is 10.2 Å². The molecule has 0 aromatic carbocycles. The van der Waals surface area contributed by atoms with Crippen molar-refractivity contribution < 1.29 is 0 Å². The zero-order valence-corrected chi connectivity index (χ0v) is 12.0. The summed E-state index contributed by atoms with van der Waals surface area (Å²) in [7, 11) is 4.38. The number of hydrogen-bond acceptors (Lipinski definition) is 3. The minimum absolute atomic E-state index is 0.729. The molecule has 2 heterocycles. The van der Waals surface area contributed by atoms with E-state index in [1.165, 1.54) is 38.0 Å². The molecule has 1 aliphatic rings. The molecule has 0 bridgehead atoms. The van der Waals surface area contributed by atoms with Gasteiger partial charge in [-0.25, -0.2) is 0 Å². The minimum Gasteiger partial charge on any atom is -0.317 e. The Kier molecular flexibility index (Phi) is 4.60. The van der Waals surface area contributed by atoms with E-state index in [1.807, 2.05) is 11.3 Å². The lowest BCUT2D eigenvalue weighted by atomic mass is 9.82. The third kappa shape index (κ3) is 3.30. The molecule has 1 aliphatic heterocycles. The molecule has 1 aromatic heterocycles. The Hall–Kier alpha value is -0.380. The van der Waals surface area contributed by atoms with E-state index >= 15 is 0 Å². The van der Waals surface area contributed by atoms with Gasteiger partial charge < -0.3 is 10.2 Å². The first-order valence-electron chi connectivity index (χ1n) is 6.58. The summed E-state index contributed by atoms with van der Waals surface area (Å²) in [6, 6.07) is 2.27. The van der Waals surface area contributed by atoms with Crippen molar-refractivity contribution in [1.29, 1.82) is 0 Å². The number of likely N-dealkylation sites (N-methyl/N-ethyl adjacent to an activating group) is 1. The van der Waals surface area contributed by atoms with Gasteiger partial charge in [0.2, 0.25) is 0 Å². The van der Waals surface area contributed by atoms with Crippen LogP contribution in [0.25, 0.3) is 0 Å². The SMILES string of the molecule is Cc1ccsc1C(CN(C)C)C1CCNCC1. The number of rotatable bonds is 4. The highest BCUT2D eigenvalue weighted by Gasteiger charge is 2.27. The van der Waals surface area contributed by atoms with Gasteiger partial charge >= 0.3 is 0 Å². The standard InChI is InChI=1S/C14H24N2S/c1-11-6-9-17-14(11)13(10-16(2)3)12-4-7-15-8-5-12/h6,9,12-13,15H,4-5,7-8,10H2,1-3H3. The van der Waals surface area contributed by atoms with Crippen molar-refractivity contribution in [2.45, 2.75) is 25.7 Å². The van der Waals surface area contributed by atoms with Gasteiger partial charge in [-0.2, -0.15) is 0 Å². The molecule has 0 radical (unpaired) electrons. The van der Waals surface area contributed by atoms with Crippen molar-refractivity contribution >= 4 is 11.3 Å². The largest absolute Gasteiger partial charge is 0.317 e. The van der Waals surface area contributed by atoms with Crippen LogP contribution in [0.4, 0.5) is 0 Å². The zero-order chi connectivity index (χ0) is 12.3. The van der Waals surface area contributed by atoms with Crippen LogP contribution in [0.3, 0.4) is 0 Å². The first-order valence-corrected chi connectivity index (χ1v) is 7.46. The summed E-state index contributed by atoms with van der Waals surface area (Å²) < 4.78 is 0. The fourth-order valence-corrected chi connectivity index (χ4v) is 3.96. The van der Waals surface area contributed by atoms with Crippen molar-refractivity contribution in [3.63, 3.8) is 0 Å². The summed E-state index contributed by atoms with van der Waals surface area (Å²) in [6.45, 7) is 5.83. The Labute approximate surface area is 109 Å². The molecular weight excluding hydrogens is 228 g/mol. The fraction of sp³-hybridized carbons (Fsp3) is 0.714. The van der Waals surface area contributed by atoms with Gasteiger partial charge in [-0.15, -0.1) is 11.3 Å². The number of hydrogen-bond donors (Lipinski definition) is 1. The second kappa shape index (κ2) is 5.98. The van der Waals surface area contributed by atoms with E-state index in [1.54, 1.807) is 4.88 Å². The molecule has 0 amide bonds. The fourth-order valence-electron chi connectivity index (χ4n) is 2.85. The van der Waals surface area contributed by atoms with Gasteiger partial charge in [0.05, 0.1) is 0 Å². The predicted octanol–water partition coefficient (Wildman–Crippen LogP) is 2.70. The first-order chi connectivity index (χ1) is 8.18. The van der Waals surface area contributed by atoms with Crippen molar-refractivity contribution in [3.05, 3.63) is 21.9 Å². The predicted molar refractivity (Wildman–Crippen MR) is 75.9 cm³/mol. The van der Waals surface area contributed by atoms with Gasteiger partial charge in [0.15, 0.2) is 0 Å². The lowest BCUT2D eigenvalue weighted by Crippen LogP contribution is -2.34. The number of aryl methyl sites for hydroxylation is 1. The Morgan fingerprint density at radius 2 is 2.12 bits per heavy atom. The van der Waals surface area contributed by atoms with Crippen molar-refractivity contribution in [2.75, 3.05) is 33.7 Å². The molecule has 1 fully saturated rings. The first kappa shape index (κ1) is 13.1. The molecular formula is C14H24N2S. The van der Waals surface area contributed by atoms with Crippen LogP contribution in [-0.2, 0) is 0 Å². The molecule has 3 heteroatoms. The van der Waals surface area contributed by atoms with Crippen LogP contribution in [0.1, 0.15) is 29.2 Å². The molecule has 1 atom stereocenters. The number of nitrogens with zero attached hydrogens (tertiary/aromatic N) is 1. The summed E-state index contributed by atoms with van der Waals surface area (Å²) in [5.41, 5.74) is 1.49. The van der Waals surface area contributed by atoms with Crippen LogP contribution in [0.15, 0.2) is 11.4 Å². The van der Waals surface area contributed by atoms with Crippen LogP contribution >= 0.6 is 11.3 Å². The zero-order valence-electron chi connectivity index (χ0n) is 11.2. The number of thiophene rings is 1. The molecule has 0 aliphatic carbocycles. The average molecular weight is 252 g/mol. The van der Waals surface area contributed by atoms with Crippen LogP contribution in [0.2, 0.25) is 0 Å². The summed E-state index contributed by atoms with van der Waals surface area (Å²) in [4.78, 5) is 3.96. The van der Waals surface area contributed by atoms with Crippen LogP contribution in [0, 0.1) is 12.8 Å². The Morgan fingerprint density at radius 3 is 2.65 bits per heavy atom. The monoisotopic (exact) mass is 252 g/mol. The molecule has 2 rings (SSSR count). The molecule has 1 aromatic rings. The quantitative estimate of drug-likeness (QED) is 0.886. The van der Waals surface area contributed by atoms with Crippen molar-refractivity contribution in [3.8, 4) is 0 Å². The molecule has 17 heavy (non-hydrogen) atoms. The van der Waals surface area contributed by atoms with Crippen molar-refractivity contribution in [2.24, 2.45) is 5.92 Å². The van der Waals surface area contributed by atoms with Crippen LogP contribution in [0.5, 0.6) is 0 Å². The van der Waals surface area contributed by atoms with Gasteiger partial charge in [0.25, 0.3) is 0 Å². The molecule has 0 saturated carbocycles. The summed E-state index contributed by atoms with van der Waals surface area (Å²) in [5.74, 6) is 1.59. The third-order valence-corrected chi connectivity index (χ3v) is 4.90. The smallest absolute Gasteiger partial charge is 0.0121 e. The second-order valence-electron chi connectivity index (χ2n) is 5.42. The van der Waals surface area contributed by atoms with E-state index < -0.39 is 0 Å². The lowest BCUT2D eigenvalue weighted by molar-refractivity contribution is 0.264. The van der Waals surface area contributed by atoms with Gasteiger partial charge in [0.1, 0.15) is 0 Å². The maximum atomic E-state index is 3.47. The summed E-state index contributed by atoms with van der Waals surface area (Å²) >= 11 is 1.95. The molecule has 96 valence electrons. The summed E-state index contributed by atoms with van der Waals surface area (Å²) in [6.07, 6.45) is 2.66. The maximum Gasteiger partial charge on any atom is 0.0121 e. The normalized spacial score (nSPS) is 19.8. The molecule has 1 N–H and O–H groups in total. The van der Waals surface area contributed by atoms with E-state index in [0.717, 1.165) is 11.8 Å². The van der Waals surface area contributed by atoms with E-state index in [-0.39, 0.29) is 0 Å². The third-order valence-electron chi connectivity index (χ3n) is 3.75. The van der Waals surface area contributed by atoms with E-state index in [9.17, 15) is 0 Å². The van der Waals surface area contributed by atoms with E-state index in [2.05, 4.69) is 42.7 Å². The van der Waals surface area contributed by atoms with E-state index in [4.69, 9.17) is 0 Å². The number of nitrogens with one attached hydrogen (secondary N) is 1. The molecule has 1 saturated heterocycles. The summed E-state index contributed by atoms with van der Waals surface area (Å²) in [5, 5.41) is 5.72. The Balaban J connectivity index is 2.15. The Morgan fingerprint density at radius 1 is 1.41 bits per heavy atom. The van der Waals surface area contributed by atoms with Crippen LogP contribution in [-0.4, -0.2) is 38.6 Å². The van der Waals surface area contributed by atoms with Gasteiger partial charge in [-0.05, 0) is 69.9 Å². The molecule has 2 nitrogen and oxygen atoms in total. The highest BCUT2D eigenvalue weighted by Crippen LogP contribution is 2.36. The molecule has 1 unspecified atom stereocenters. The van der Waals surface area contributed by atoms with Gasteiger partial charge in [-0.1, -0.05) is 0 Å². The lowest BCUT2D eigenvalue weighted by Gasteiger charge is -2.32. The van der Waals surface area contributed by atoms with Gasteiger partial charge in [-0.3, -0.25) is 0 Å². The van der Waals surface area contributed by atoms with E-state index in [0.29, 0.717) is 0 Å². The highest BCUT2D eigenvalue weighted by molar-refractivity contribution is 7.10. The second-order valence-corrected chi connectivity index (χ2v) is 6.37. The Bertz CT molecular complexity index is 340. The highest BCUT2D eigenvalue weighted by atomic mass is 32.1. The number of piperidine rings is 1. The topological polar surface area (TPSA) is 15.3 Å². The maximum absolute atomic E-state index is 3.47. The minimum atomic E-state index is 0.729. The van der Waals surface area contributed by atoms with Gasteiger partial charge in [0, 0.05) is 17.3 Å².